The van der Waals surface area contributed by atoms with Gasteiger partial charge in [0.2, 0.25) is 15.9 Å². The van der Waals surface area contributed by atoms with Gasteiger partial charge in [-0.2, -0.15) is 0 Å². The molecule has 0 aromatic heterocycles. The van der Waals surface area contributed by atoms with E-state index in [1.54, 1.807) is 24.3 Å². The number of benzene rings is 2. The molecule has 0 radical (unpaired) electrons. The van der Waals surface area contributed by atoms with Crippen molar-refractivity contribution < 1.29 is 18.0 Å². The molecule has 0 aliphatic carbocycles. The number of hydrogen-bond donors (Lipinski definition) is 2. The van der Waals surface area contributed by atoms with Crippen molar-refractivity contribution in [3.05, 3.63) is 54.1 Å². The molecule has 0 saturated carbocycles. The van der Waals surface area contributed by atoms with Crippen LogP contribution in [-0.4, -0.2) is 33.8 Å². The highest BCUT2D eigenvalue weighted by Gasteiger charge is 2.28. The molecule has 1 aliphatic rings. The molecule has 124 valence electrons. The number of carbonyl (C=O) groups excluding carboxylic acids is 2. The van der Waals surface area contributed by atoms with Gasteiger partial charge < -0.3 is 5.32 Å². The predicted octanol–water partition coefficient (Wildman–Crippen LogP) is 1.19. The van der Waals surface area contributed by atoms with E-state index >= 15 is 0 Å². The molecule has 7 nitrogen and oxygen atoms in total. The summed E-state index contributed by atoms with van der Waals surface area (Å²) in [4.78, 5) is 26.0. The number of rotatable bonds is 3. The number of amides is 2. The number of anilines is 2. The Morgan fingerprint density at radius 3 is 2.67 bits per heavy atom. The summed E-state index contributed by atoms with van der Waals surface area (Å²) >= 11 is 0. The summed E-state index contributed by atoms with van der Waals surface area (Å²) in [7, 11) is -2.36. The normalized spacial score (nSPS) is 14.0. The van der Waals surface area contributed by atoms with Crippen molar-refractivity contribution in [2.24, 2.45) is 0 Å². The van der Waals surface area contributed by atoms with E-state index in [4.69, 9.17) is 0 Å². The first-order valence-corrected chi connectivity index (χ1v) is 8.65. The van der Waals surface area contributed by atoms with Crippen LogP contribution in [0.2, 0.25) is 0 Å². The molecule has 3 rings (SSSR count). The lowest BCUT2D eigenvalue weighted by atomic mass is 10.1. The average Bonchev–Trinajstić information content (AvgIpc) is 2.60. The molecule has 0 spiro atoms. The molecule has 2 N–H and O–H groups in total. The molecule has 2 aromatic rings. The highest BCUT2D eigenvalue weighted by molar-refractivity contribution is 7.89. The van der Waals surface area contributed by atoms with Crippen LogP contribution in [0.3, 0.4) is 0 Å². The fourth-order valence-corrected chi connectivity index (χ4v) is 3.26. The number of hydrogen-bond acceptors (Lipinski definition) is 4. The fourth-order valence-electron chi connectivity index (χ4n) is 2.48. The summed E-state index contributed by atoms with van der Waals surface area (Å²) in [6.07, 6.45) is 0. The molecule has 24 heavy (non-hydrogen) atoms. The first-order chi connectivity index (χ1) is 11.4. The Bertz CT molecular complexity index is 924. The Balaban J connectivity index is 2.02. The van der Waals surface area contributed by atoms with Gasteiger partial charge in [0.25, 0.3) is 5.91 Å². The van der Waals surface area contributed by atoms with E-state index in [1.807, 2.05) is 0 Å². The largest absolute Gasteiger partial charge is 0.323 e. The second kappa shape index (κ2) is 6.06. The maximum atomic E-state index is 12.8. The Hall–Kier alpha value is -2.71. The van der Waals surface area contributed by atoms with E-state index in [0.29, 0.717) is 11.4 Å². The molecule has 0 unspecified atom stereocenters. The van der Waals surface area contributed by atoms with Gasteiger partial charge in [-0.25, -0.2) is 13.1 Å². The van der Waals surface area contributed by atoms with Crippen LogP contribution in [0.15, 0.2) is 53.4 Å². The minimum Gasteiger partial charge on any atom is -0.323 e. The number of nitrogens with zero attached hydrogens (tertiary/aromatic N) is 1. The zero-order valence-electron chi connectivity index (χ0n) is 12.8. The third kappa shape index (κ3) is 2.89. The zero-order chi connectivity index (χ0) is 17.3. The lowest BCUT2D eigenvalue weighted by Crippen LogP contribution is -2.42. The maximum Gasteiger partial charge on any atom is 0.258 e. The van der Waals surface area contributed by atoms with E-state index in [0.717, 1.165) is 0 Å². The molecule has 2 aromatic carbocycles. The van der Waals surface area contributed by atoms with Crippen LogP contribution < -0.4 is 14.9 Å². The monoisotopic (exact) mass is 345 g/mol. The fraction of sp³-hybridized carbons (Fsp3) is 0.125. The lowest BCUT2D eigenvalue weighted by molar-refractivity contribution is -0.115. The van der Waals surface area contributed by atoms with Crippen molar-refractivity contribution >= 4 is 33.2 Å². The van der Waals surface area contributed by atoms with Crippen molar-refractivity contribution in [3.63, 3.8) is 0 Å². The quantitative estimate of drug-likeness (QED) is 0.873. The second-order valence-electron chi connectivity index (χ2n) is 5.19. The topological polar surface area (TPSA) is 95.6 Å². The third-order valence-corrected chi connectivity index (χ3v) is 5.09. The smallest absolute Gasteiger partial charge is 0.258 e. The highest BCUT2D eigenvalue weighted by atomic mass is 32.2. The minimum atomic E-state index is -3.66. The van der Waals surface area contributed by atoms with Crippen LogP contribution in [0, 0.1) is 0 Å². The Kier molecular flexibility index (Phi) is 4.08. The van der Waals surface area contributed by atoms with Gasteiger partial charge in [-0.3, -0.25) is 14.5 Å². The molecule has 1 heterocycles. The van der Waals surface area contributed by atoms with E-state index in [9.17, 15) is 18.0 Å². The van der Waals surface area contributed by atoms with Gasteiger partial charge in [0, 0.05) is 5.56 Å². The van der Waals surface area contributed by atoms with E-state index in [1.165, 1.54) is 36.2 Å². The van der Waals surface area contributed by atoms with Crippen LogP contribution in [0.4, 0.5) is 11.4 Å². The van der Waals surface area contributed by atoms with Gasteiger partial charge in [0.05, 0.1) is 16.3 Å². The van der Waals surface area contributed by atoms with Crippen LogP contribution >= 0.6 is 0 Å². The summed E-state index contributed by atoms with van der Waals surface area (Å²) in [5.74, 6) is -0.744. The number of carbonyl (C=O) groups is 2. The van der Waals surface area contributed by atoms with Crippen LogP contribution in [0.5, 0.6) is 0 Å². The number of para-hydroxylation sites is 2. The van der Waals surface area contributed by atoms with Gasteiger partial charge in [-0.1, -0.05) is 18.2 Å². The second-order valence-corrected chi connectivity index (χ2v) is 7.08. The summed E-state index contributed by atoms with van der Waals surface area (Å²) in [5.41, 5.74) is 1.31. The van der Waals surface area contributed by atoms with Crippen molar-refractivity contribution in [1.82, 2.24) is 4.72 Å². The van der Waals surface area contributed by atoms with E-state index < -0.39 is 15.9 Å². The summed E-state index contributed by atoms with van der Waals surface area (Å²) in [6.45, 7) is -0.126. The summed E-state index contributed by atoms with van der Waals surface area (Å²) in [5, 5.41) is 2.70. The first-order valence-electron chi connectivity index (χ1n) is 7.17. The predicted molar refractivity (Wildman–Crippen MR) is 89.4 cm³/mol. The molecule has 0 fully saturated rings. The molecule has 8 heteroatoms. The van der Waals surface area contributed by atoms with Gasteiger partial charge in [0.1, 0.15) is 6.54 Å². The van der Waals surface area contributed by atoms with Crippen molar-refractivity contribution in [2.45, 2.75) is 4.90 Å². The van der Waals surface area contributed by atoms with Gasteiger partial charge in [-0.05, 0) is 37.4 Å². The molecular formula is C16H15N3O4S. The molecular weight excluding hydrogens is 330 g/mol. The highest BCUT2D eigenvalue weighted by Crippen LogP contribution is 2.30. The lowest BCUT2D eigenvalue weighted by Gasteiger charge is -2.29. The number of fused-ring (bicyclic) bond motifs is 1. The van der Waals surface area contributed by atoms with Gasteiger partial charge >= 0.3 is 0 Å². The molecule has 0 saturated heterocycles. The van der Waals surface area contributed by atoms with Gasteiger partial charge in [0.15, 0.2) is 0 Å². The standard InChI is InChI=1S/C16H15N3O4S/c1-17-24(22,23)12-6-4-5-11(9-12)16(21)19-10-15(20)18-13-7-2-3-8-14(13)19/h2-9,17H,10H2,1H3,(H,18,20). The number of nitrogens with one attached hydrogen (secondary N) is 2. The molecule has 1 aliphatic heterocycles. The average molecular weight is 345 g/mol. The SMILES string of the molecule is CNS(=O)(=O)c1cccc(C(=O)N2CC(=O)Nc3ccccc32)c1. The Morgan fingerprint density at radius 1 is 1.17 bits per heavy atom. The van der Waals surface area contributed by atoms with E-state index in [-0.39, 0.29) is 22.9 Å². The first kappa shape index (κ1) is 16.2. The van der Waals surface area contributed by atoms with Crippen LogP contribution in [0.1, 0.15) is 10.4 Å². The maximum absolute atomic E-state index is 12.8. The van der Waals surface area contributed by atoms with Crippen molar-refractivity contribution in [1.29, 1.82) is 0 Å². The Morgan fingerprint density at radius 2 is 1.92 bits per heavy atom. The van der Waals surface area contributed by atoms with Crippen LogP contribution in [0.25, 0.3) is 0 Å². The number of sulfonamides is 1. The molecule has 0 bridgehead atoms. The Labute approximate surface area is 139 Å². The van der Waals surface area contributed by atoms with Crippen molar-refractivity contribution in [3.8, 4) is 0 Å². The molecule has 0 atom stereocenters. The summed E-state index contributed by atoms with van der Waals surface area (Å²) < 4.78 is 26.0. The van der Waals surface area contributed by atoms with Gasteiger partial charge in [-0.15, -0.1) is 0 Å². The van der Waals surface area contributed by atoms with Crippen molar-refractivity contribution in [2.75, 3.05) is 23.8 Å². The van der Waals surface area contributed by atoms with E-state index in [2.05, 4.69) is 10.0 Å². The zero-order valence-corrected chi connectivity index (χ0v) is 13.6. The molecule has 2 amide bonds. The summed E-state index contributed by atoms with van der Waals surface area (Å²) in [6, 6.07) is 12.7. The minimum absolute atomic E-state index is 0.00871. The van der Waals surface area contributed by atoms with Crippen LogP contribution in [-0.2, 0) is 14.8 Å². The third-order valence-electron chi connectivity index (χ3n) is 3.68.